The summed E-state index contributed by atoms with van der Waals surface area (Å²) >= 11 is 5.88. The Labute approximate surface area is 97.6 Å². The topological polar surface area (TPSA) is 69.6 Å². The van der Waals surface area contributed by atoms with E-state index in [4.69, 9.17) is 16.1 Å². The minimum absolute atomic E-state index is 0.148. The summed E-state index contributed by atoms with van der Waals surface area (Å²) in [4.78, 5) is 4.18. The third-order valence-corrected chi connectivity index (χ3v) is 2.30. The highest BCUT2D eigenvalue weighted by Gasteiger charge is 2.09. The van der Waals surface area contributed by atoms with Gasteiger partial charge in [0.05, 0.1) is 11.6 Å². The molecule has 2 rings (SSSR count). The van der Waals surface area contributed by atoms with Crippen molar-refractivity contribution in [3.8, 4) is 0 Å². The van der Waals surface area contributed by atoms with E-state index in [1.165, 1.54) is 0 Å². The number of halogens is 1. The number of aromatic nitrogens is 5. The van der Waals surface area contributed by atoms with Crippen LogP contribution in [0.2, 0.25) is 0 Å². The van der Waals surface area contributed by atoms with Crippen LogP contribution in [0.25, 0.3) is 0 Å². The second kappa shape index (κ2) is 4.61. The molecule has 0 aliphatic heterocycles. The largest absolute Gasteiger partial charge is 0.339 e. The molecule has 2 heterocycles. The second-order valence-electron chi connectivity index (χ2n) is 3.41. The molecule has 16 heavy (non-hydrogen) atoms. The minimum Gasteiger partial charge on any atom is -0.339 e. The fourth-order valence-electron chi connectivity index (χ4n) is 1.22. The quantitative estimate of drug-likeness (QED) is 0.760. The predicted octanol–water partition coefficient (Wildman–Crippen LogP) is 1.57. The average Bonchev–Trinajstić information content (AvgIpc) is 2.87. The molecule has 0 saturated heterocycles. The highest BCUT2D eigenvalue weighted by Crippen LogP contribution is 2.15. The van der Waals surface area contributed by atoms with Crippen molar-refractivity contribution in [1.82, 2.24) is 25.1 Å². The molecular weight excluding hydrogens is 230 g/mol. The van der Waals surface area contributed by atoms with Gasteiger partial charge in [-0.05, 0) is 6.92 Å². The molecule has 1 atom stereocenters. The summed E-state index contributed by atoms with van der Waals surface area (Å²) in [5.41, 5.74) is 0.737. The SMILES string of the molecule is CCc1nc(Cn2cc(C(C)Cl)nn2)no1. The average molecular weight is 242 g/mol. The van der Waals surface area contributed by atoms with Crippen molar-refractivity contribution >= 4 is 11.6 Å². The lowest BCUT2D eigenvalue weighted by Gasteiger charge is -1.94. The Morgan fingerprint density at radius 1 is 1.56 bits per heavy atom. The normalized spacial score (nSPS) is 12.9. The Balaban J connectivity index is 2.08. The number of hydrogen-bond acceptors (Lipinski definition) is 5. The van der Waals surface area contributed by atoms with Crippen LogP contribution >= 0.6 is 11.6 Å². The first-order valence-corrected chi connectivity index (χ1v) is 5.48. The van der Waals surface area contributed by atoms with E-state index in [9.17, 15) is 0 Å². The van der Waals surface area contributed by atoms with Gasteiger partial charge in [-0.15, -0.1) is 16.7 Å². The van der Waals surface area contributed by atoms with Crippen LogP contribution in [0.5, 0.6) is 0 Å². The smallest absolute Gasteiger partial charge is 0.226 e. The van der Waals surface area contributed by atoms with Crippen molar-refractivity contribution in [3.63, 3.8) is 0 Å². The third kappa shape index (κ3) is 2.38. The molecule has 0 fully saturated rings. The van der Waals surface area contributed by atoms with Gasteiger partial charge in [-0.1, -0.05) is 17.3 Å². The first-order chi connectivity index (χ1) is 7.69. The van der Waals surface area contributed by atoms with Crippen molar-refractivity contribution < 1.29 is 4.52 Å². The highest BCUT2D eigenvalue weighted by atomic mass is 35.5. The van der Waals surface area contributed by atoms with E-state index in [1.807, 2.05) is 13.8 Å². The van der Waals surface area contributed by atoms with E-state index in [1.54, 1.807) is 10.9 Å². The second-order valence-corrected chi connectivity index (χ2v) is 4.07. The Bertz CT molecular complexity index is 464. The van der Waals surface area contributed by atoms with Gasteiger partial charge in [0.1, 0.15) is 12.2 Å². The summed E-state index contributed by atoms with van der Waals surface area (Å²) in [7, 11) is 0. The highest BCUT2D eigenvalue weighted by molar-refractivity contribution is 6.20. The Morgan fingerprint density at radius 3 is 2.94 bits per heavy atom. The lowest BCUT2D eigenvalue weighted by Crippen LogP contribution is -2.02. The Kier molecular flexibility index (Phi) is 3.19. The van der Waals surface area contributed by atoms with E-state index < -0.39 is 0 Å². The molecule has 7 heteroatoms. The van der Waals surface area contributed by atoms with Crippen LogP contribution < -0.4 is 0 Å². The maximum atomic E-state index is 5.88. The molecule has 0 spiro atoms. The van der Waals surface area contributed by atoms with E-state index in [0.29, 0.717) is 18.3 Å². The van der Waals surface area contributed by atoms with Crippen LogP contribution in [-0.2, 0) is 13.0 Å². The standard InChI is InChI=1S/C9H12ClN5O/c1-3-9-11-8(13-16-9)5-15-4-7(6(2)10)12-14-15/h4,6H,3,5H2,1-2H3. The maximum Gasteiger partial charge on any atom is 0.226 e. The summed E-state index contributed by atoms with van der Waals surface area (Å²) in [5, 5.41) is 11.5. The Morgan fingerprint density at radius 2 is 2.38 bits per heavy atom. The van der Waals surface area contributed by atoms with Crippen LogP contribution in [0, 0.1) is 0 Å². The van der Waals surface area contributed by atoms with Gasteiger partial charge in [-0.3, -0.25) is 0 Å². The van der Waals surface area contributed by atoms with Gasteiger partial charge in [-0.25, -0.2) is 4.68 Å². The zero-order valence-corrected chi connectivity index (χ0v) is 9.85. The van der Waals surface area contributed by atoms with E-state index in [0.717, 1.165) is 12.1 Å². The molecule has 2 aromatic heterocycles. The molecule has 2 aromatic rings. The van der Waals surface area contributed by atoms with Crippen molar-refractivity contribution in [2.75, 3.05) is 0 Å². The number of alkyl halides is 1. The van der Waals surface area contributed by atoms with Crippen molar-refractivity contribution in [3.05, 3.63) is 23.6 Å². The van der Waals surface area contributed by atoms with Crippen LogP contribution in [0.4, 0.5) is 0 Å². The molecule has 0 aliphatic carbocycles. The van der Waals surface area contributed by atoms with E-state index >= 15 is 0 Å². The van der Waals surface area contributed by atoms with Crippen LogP contribution in [0.15, 0.2) is 10.7 Å². The molecular formula is C9H12ClN5O. The summed E-state index contributed by atoms with van der Waals surface area (Å²) in [6.45, 7) is 4.25. The van der Waals surface area contributed by atoms with E-state index in [-0.39, 0.29) is 5.38 Å². The molecule has 0 amide bonds. The number of nitrogens with zero attached hydrogens (tertiary/aromatic N) is 5. The van der Waals surface area contributed by atoms with Crippen molar-refractivity contribution in [1.29, 1.82) is 0 Å². The first-order valence-electron chi connectivity index (χ1n) is 5.04. The number of hydrogen-bond donors (Lipinski definition) is 0. The molecule has 6 nitrogen and oxygen atoms in total. The van der Waals surface area contributed by atoms with Gasteiger partial charge in [0.15, 0.2) is 5.82 Å². The molecule has 1 unspecified atom stereocenters. The fraction of sp³-hybridized carbons (Fsp3) is 0.556. The predicted molar refractivity (Wildman–Crippen MR) is 57.1 cm³/mol. The van der Waals surface area contributed by atoms with Gasteiger partial charge < -0.3 is 4.52 Å². The molecule has 0 bridgehead atoms. The van der Waals surface area contributed by atoms with Gasteiger partial charge in [-0.2, -0.15) is 4.98 Å². The van der Waals surface area contributed by atoms with Crippen molar-refractivity contribution in [2.45, 2.75) is 32.2 Å². The zero-order chi connectivity index (χ0) is 11.5. The minimum atomic E-state index is -0.148. The number of rotatable bonds is 4. The summed E-state index contributed by atoms with van der Waals surface area (Å²) < 4.78 is 6.63. The lowest BCUT2D eigenvalue weighted by atomic mass is 10.4. The van der Waals surface area contributed by atoms with Crippen LogP contribution in [-0.4, -0.2) is 25.1 Å². The molecule has 0 radical (unpaired) electrons. The van der Waals surface area contributed by atoms with Gasteiger partial charge in [0.25, 0.3) is 0 Å². The molecule has 0 saturated carbocycles. The monoisotopic (exact) mass is 241 g/mol. The van der Waals surface area contributed by atoms with Crippen LogP contribution in [0.1, 0.15) is 36.6 Å². The van der Waals surface area contributed by atoms with Crippen molar-refractivity contribution in [2.24, 2.45) is 0 Å². The van der Waals surface area contributed by atoms with Gasteiger partial charge >= 0.3 is 0 Å². The Hall–Kier alpha value is -1.43. The fourth-order valence-corrected chi connectivity index (χ4v) is 1.32. The number of aryl methyl sites for hydroxylation is 1. The summed E-state index contributed by atoms with van der Waals surface area (Å²) in [5.74, 6) is 1.22. The summed E-state index contributed by atoms with van der Waals surface area (Å²) in [6, 6.07) is 0. The summed E-state index contributed by atoms with van der Waals surface area (Å²) in [6.07, 6.45) is 2.51. The molecule has 0 aliphatic rings. The molecule has 86 valence electrons. The molecule has 0 aromatic carbocycles. The lowest BCUT2D eigenvalue weighted by molar-refractivity contribution is 0.374. The maximum absolute atomic E-state index is 5.88. The van der Waals surface area contributed by atoms with Crippen LogP contribution in [0.3, 0.4) is 0 Å². The van der Waals surface area contributed by atoms with Gasteiger partial charge in [0.2, 0.25) is 5.89 Å². The first kappa shape index (κ1) is 11.1. The van der Waals surface area contributed by atoms with E-state index in [2.05, 4.69) is 20.5 Å². The third-order valence-electron chi connectivity index (χ3n) is 2.08. The molecule has 0 N–H and O–H groups in total. The van der Waals surface area contributed by atoms with Gasteiger partial charge in [0, 0.05) is 6.42 Å². The zero-order valence-electron chi connectivity index (χ0n) is 9.09.